The summed E-state index contributed by atoms with van der Waals surface area (Å²) in [5.41, 5.74) is 2.95. The molecule has 0 spiro atoms. The summed E-state index contributed by atoms with van der Waals surface area (Å²) in [5, 5.41) is 0.605. The Hall–Kier alpha value is -1.74. The van der Waals surface area contributed by atoms with Crippen LogP contribution in [0.25, 0.3) is 0 Å². The van der Waals surface area contributed by atoms with E-state index in [0.29, 0.717) is 5.02 Å². The van der Waals surface area contributed by atoms with E-state index in [2.05, 4.69) is 10.3 Å². The van der Waals surface area contributed by atoms with Gasteiger partial charge in [0, 0.05) is 9.92 Å². The summed E-state index contributed by atoms with van der Waals surface area (Å²) < 4.78 is 29.8. The van der Waals surface area contributed by atoms with Gasteiger partial charge in [-0.2, -0.15) is 0 Å². The van der Waals surface area contributed by atoms with Crippen molar-refractivity contribution in [2.45, 2.75) is 16.7 Å². The van der Waals surface area contributed by atoms with Crippen LogP contribution in [-0.2, 0) is 14.8 Å². The highest BCUT2D eigenvalue weighted by Gasteiger charge is 2.20. The van der Waals surface area contributed by atoms with Crippen LogP contribution in [0.4, 0.5) is 0 Å². The SMILES string of the molecule is COc1ccc(C)cc1S(=O)(=O)NNC(=O)CSc1ccc(Cl)cc1. The lowest BCUT2D eigenvalue weighted by atomic mass is 10.2. The Labute approximate surface area is 155 Å². The van der Waals surface area contributed by atoms with Crippen LogP contribution in [0.2, 0.25) is 5.02 Å². The van der Waals surface area contributed by atoms with Crippen LogP contribution in [0.1, 0.15) is 5.56 Å². The molecule has 0 aliphatic heterocycles. The predicted octanol–water partition coefficient (Wildman–Crippen LogP) is 2.76. The summed E-state index contributed by atoms with van der Waals surface area (Å²) >= 11 is 7.06. The number of halogens is 1. The number of carbonyl (C=O) groups is 1. The van der Waals surface area contributed by atoms with Crippen LogP contribution in [0.3, 0.4) is 0 Å². The Morgan fingerprint density at radius 2 is 1.88 bits per heavy atom. The highest BCUT2D eigenvalue weighted by atomic mass is 35.5. The second-order valence-corrected chi connectivity index (χ2v) is 8.19. The molecule has 0 aliphatic rings. The van der Waals surface area contributed by atoms with E-state index < -0.39 is 15.9 Å². The van der Waals surface area contributed by atoms with E-state index in [1.807, 2.05) is 0 Å². The molecule has 2 rings (SSSR count). The number of amides is 1. The van der Waals surface area contributed by atoms with Gasteiger partial charge >= 0.3 is 0 Å². The maximum Gasteiger partial charge on any atom is 0.261 e. The number of hydrogen-bond donors (Lipinski definition) is 2. The second kappa shape index (κ2) is 8.57. The first-order chi connectivity index (χ1) is 11.8. The van der Waals surface area contributed by atoms with E-state index in [0.717, 1.165) is 10.5 Å². The Morgan fingerprint density at radius 3 is 2.52 bits per heavy atom. The zero-order valence-electron chi connectivity index (χ0n) is 13.6. The van der Waals surface area contributed by atoms with E-state index in [4.69, 9.17) is 16.3 Å². The number of methoxy groups -OCH3 is 1. The molecule has 0 saturated heterocycles. The molecule has 25 heavy (non-hydrogen) atoms. The molecule has 0 atom stereocenters. The van der Waals surface area contributed by atoms with Crippen molar-refractivity contribution in [3.05, 3.63) is 53.1 Å². The number of aryl methyl sites for hydroxylation is 1. The first-order valence-corrected chi connectivity index (χ1v) is 10.00. The van der Waals surface area contributed by atoms with Crippen molar-refractivity contribution in [3.8, 4) is 5.75 Å². The maximum atomic E-state index is 12.4. The molecule has 0 unspecified atom stereocenters. The molecule has 0 radical (unpaired) electrons. The number of hydrogen-bond acceptors (Lipinski definition) is 5. The Morgan fingerprint density at radius 1 is 1.20 bits per heavy atom. The minimum Gasteiger partial charge on any atom is -0.495 e. The molecule has 134 valence electrons. The lowest BCUT2D eigenvalue weighted by Gasteiger charge is -2.12. The maximum absolute atomic E-state index is 12.4. The van der Waals surface area contributed by atoms with E-state index in [1.165, 1.54) is 24.9 Å². The van der Waals surface area contributed by atoms with Crippen molar-refractivity contribution >= 4 is 39.3 Å². The number of carbonyl (C=O) groups excluding carboxylic acids is 1. The van der Waals surface area contributed by atoms with Crippen molar-refractivity contribution in [1.29, 1.82) is 0 Å². The van der Waals surface area contributed by atoms with Gasteiger partial charge in [0.05, 0.1) is 12.9 Å². The number of hydrazine groups is 1. The fourth-order valence-electron chi connectivity index (χ4n) is 1.89. The van der Waals surface area contributed by atoms with E-state index >= 15 is 0 Å². The molecule has 0 fully saturated rings. The van der Waals surface area contributed by atoms with Crippen molar-refractivity contribution < 1.29 is 17.9 Å². The van der Waals surface area contributed by atoms with Gasteiger partial charge in [-0.15, -0.1) is 16.6 Å². The number of nitrogens with one attached hydrogen (secondary N) is 2. The van der Waals surface area contributed by atoms with Crippen LogP contribution >= 0.6 is 23.4 Å². The standard InChI is InChI=1S/C16H17ClN2O4S2/c1-11-3-8-14(23-2)15(9-11)25(21,22)19-18-16(20)10-24-13-6-4-12(17)5-7-13/h3-9,19H,10H2,1-2H3,(H,18,20). The minimum absolute atomic E-state index is 0.0411. The summed E-state index contributed by atoms with van der Waals surface area (Å²) in [5.74, 6) is -0.229. The smallest absolute Gasteiger partial charge is 0.261 e. The summed E-state index contributed by atoms with van der Waals surface area (Å²) in [6.07, 6.45) is 0. The molecule has 9 heteroatoms. The van der Waals surface area contributed by atoms with Crippen LogP contribution in [-0.4, -0.2) is 27.2 Å². The molecular weight excluding hydrogens is 384 g/mol. The van der Waals surface area contributed by atoms with Crippen LogP contribution < -0.4 is 15.0 Å². The lowest BCUT2D eigenvalue weighted by molar-refractivity contribution is -0.119. The first-order valence-electron chi connectivity index (χ1n) is 7.15. The zero-order chi connectivity index (χ0) is 18.4. The average molecular weight is 401 g/mol. The van der Waals surface area contributed by atoms with Crippen LogP contribution in [0.15, 0.2) is 52.3 Å². The van der Waals surface area contributed by atoms with Crippen LogP contribution in [0, 0.1) is 6.92 Å². The van der Waals surface area contributed by atoms with E-state index in [-0.39, 0.29) is 16.4 Å². The molecule has 0 saturated carbocycles. The van der Waals surface area contributed by atoms with Gasteiger partial charge in [0.15, 0.2) is 0 Å². The van der Waals surface area contributed by atoms with Crippen molar-refractivity contribution in [3.63, 3.8) is 0 Å². The number of benzene rings is 2. The molecule has 0 aliphatic carbocycles. The highest BCUT2D eigenvalue weighted by Crippen LogP contribution is 2.24. The monoisotopic (exact) mass is 400 g/mol. The molecule has 1 amide bonds. The molecule has 0 bridgehead atoms. The predicted molar refractivity (Wildman–Crippen MR) is 98.4 cm³/mol. The topological polar surface area (TPSA) is 84.5 Å². The van der Waals surface area contributed by atoms with Crippen molar-refractivity contribution in [2.75, 3.05) is 12.9 Å². The van der Waals surface area contributed by atoms with E-state index in [1.54, 1.807) is 43.3 Å². The fourth-order valence-corrected chi connectivity index (χ4v) is 3.83. The first kappa shape index (κ1) is 19.6. The quantitative estimate of drug-likeness (QED) is 0.551. The normalized spacial score (nSPS) is 11.2. The van der Waals surface area contributed by atoms with Gasteiger partial charge in [0.1, 0.15) is 10.6 Å². The molecule has 2 aromatic carbocycles. The zero-order valence-corrected chi connectivity index (χ0v) is 16.0. The summed E-state index contributed by atoms with van der Waals surface area (Å²) in [6, 6.07) is 11.8. The fraction of sp³-hybridized carbons (Fsp3) is 0.188. The number of thioether (sulfide) groups is 1. The van der Waals surface area contributed by atoms with E-state index in [9.17, 15) is 13.2 Å². The number of rotatable bonds is 7. The van der Waals surface area contributed by atoms with Gasteiger partial charge in [-0.3, -0.25) is 10.2 Å². The highest BCUT2D eigenvalue weighted by molar-refractivity contribution is 8.00. The number of ether oxygens (including phenoxy) is 1. The Kier molecular flexibility index (Phi) is 6.71. The largest absolute Gasteiger partial charge is 0.495 e. The Balaban J connectivity index is 1.96. The van der Waals surface area contributed by atoms with Crippen molar-refractivity contribution in [2.24, 2.45) is 0 Å². The van der Waals surface area contributed by atoms with Gasteiger partial charge in [-0.25, -0.2) is 8.42 Å². The summed E-state index contributed by atoms with van der Waals surface area (Å²) in [4.78, 5) is 14.8. The third-order valence-corrected chi connectivity index (χ3v) is 5.65. The number of sulfonamides is 1. The van der Waals surface area contributed by atoms with Gasteiger partial charge in [0.25, 0.3) is 10.0 Å². The lowest BCUT2D eigenvalue weighted by Crippen LogP contribution is -2.42. The second-order valence-electron chi connectivity index (χ2n) is 5.05. The van der Waals surface area contributed by atoms with Gasteiger partial charge in [-0.1, -0.05) is 17.7 Å². The average Bonchev–Trinajstić information content (AvgIpc) is 2.59. The summed E-state index contributed by atoms with van der Waals surface area (Å²) in [7, 11) is -2.56. The Bertz CT molecular complexity index is 855. The third-order valence-electron chi connectivity index (χ3n) is 3.12. The van der Waals surface area contributed by atoms with Gasteiger partial charge < -0.3 is 4.74 Å². The summed E-state index contributed by atoms with van der Waals surface area (Å²) in [6.45, 7) is 1.76. The molecule has 0 aromatic heterocycles. The molecule has 6 nitrogen and oxygen atoms in total. The van der Waals surface area contributed by atoms with Gasteiger partial charge in [-0.05, 0) is 48.9 Å². The molecule has 2 aromatic rings. The van der Waals surface area contributed by atoms with Crippen molar-refractivity contribution in [1.82, 2.24) is 10.3 Å². The molecule has 0 heterocycles. The van der Waals surface area contributed by atoms with Crippen LogP contribution in [0.5, 0.6) is 5.75 Å². The minimum atomic E-state index is -3.94. The third kappa shape index (κ3) is 5.64. The molecule has 2 N–H and O–H groups in total. The molecular formula is C16H17ClN2O4S2. The van der Waals surface area contributed by atoms with Gasteiger partial charge in [0.2, 0.25) is 5.91 Å².